The molecule has 0 amide bonds. The molecule has 20 heavy (non-hydrogen) atoms. The van der Waals surface area contributed by atoms with Crippen molar-refractivity contribution >= 4 is 0 Å². The molecule has 0 spiro atoms. The quantitative estimate of drug-likeness (QED) is 0.783. The minimum absolute atomic E-state index is 0.704. The minimum Gasteiger partial charge on any atom is -0.494 e. The highest BCUT2D eigenvalue weighted by Crippen LogP contribution is 2.08. The van der Waals surface area contributed by atoms with Crippen molar-refractivity contribution in [2.24, 2.45) is 0 Å². The summed E-state index contributed by atoms with van der Waals surface area (Å²) < 4.78 is 5.61. The first-order valence-electron chi connectivity index (χ1n) is 6.76. The number of nitrogens with zero attached hydrogens (tertiary/aromatic N) is 1. The lowest BCUT2D eigenvalue weighted by atomic mass is 10.1. The van der Waals surface area contributed by atoms with E-state index in [1.54, 1.807) is 0 Å². The molecule has 0 aliphatic carbocycles. The van der Waals surface area contributed by atoms with Crippen LogP contribution in [0.1, 0.15) is 17.5 Å². The number of para-hydroxylation sites is 1. The molecule has 0 saturated heterocycles. The Balaban J connectivity index is 1.61. The number of ether oxygens (including phenoxy) is 1. The van der Waals surface area contributed by atoms with E-state index in [0.29, 0.717) is 12.2 Å². The van der Waals surface area contributed by atoms with Crippen LogP contribution in [-0.4, -0.2) is 13.2 Å². The molecule has 0 aliphatic heterocycles. The number of hydrogen-bond acceptors (Lipinski definition) is 3. The zero-order valence-corrected chi connectivity index (χ0v) is 11.4. The topological polar surface area (TPSA) is 45.0 Å². The summed E-state index contributed by atoms with van der Waals surface area (Å²) in [6.07, 6.45) is 0.951. The predicted octanol–water partition coefficient (Wildman–Crippen LogP) is 3.12. The van der Waals surface area contributed by atoms with Gasteiger partial charge in [0.15, 0.2) is 0 Å². The Hall–Kier alpha value is -2.31. The van der Waals surface area contributed by atoms with Gasteiger partial charge in [-0.05, 0) is 42.8 Å². The van der Waals surface area contributed by atoms with Crippen LogP contribution >= 0.6 is 0 Å². The summed E-state index contributed by atoms with van der Waals surface area (Å²) >= 11 is 0. The lowest BCUT2D eigenvalue weighted by Crippen LogP contribution is -2.17. The maximum Gasteiger partial charge on any atom is 0.119 e. The Morgan fingerprint density at radius 3 is 2.70 bits per heavy atom. The van der Waals surface area contributed by atoms with Crippen LogP contribution in [0.5, 0.6) is 5.75 Å². The highest BCUT2D eigenvalue weighted by atomic mass is 16.5. The molecule has 3 heteroatoms. The van der Waals surface area contributed by atoms with Gasteiger partial charge in [0, 0.05) is 6.54 Å². The molecule has 0 bridgehead atoms. The fourth-order valence-corrected chi connectivity index (χ4v) is 1.89. The second-order valence-electron chi connectivity index (χ2n) is 4.50. The van der Waals surface area contributed by atoms with Crippen LogP contribution in [0.2, 0.25) is 0 Å². The van der Waals surface area contributed by atoms with Gasteiger partial charge in [-0.2, -0.15) is 5.26 Å². The first-order chi connectivity index (χ1) is 9.88. The SMILES string of the molecule is N#Cc1cccc(CNCCCOc2ccccc2)c1. The van der Waals surface area contributed by atoms with Gasteiger partial charge in [0.1, 0.15) is 5.75 Å². The van der Waals surface area contributed by atoms with Gasteiger partial charge < -0.3 is 10.1 Å². The Morgan fingerprint density at radius 1 is 1.05 bits per heavy atom. The van der Waals surface area contributed by atoms with Gasteiger partial charge in [-0.15, -0.1) is 0 Å². The molecule has 0 aliphatic rings. The van der Waals surface area contributed by atoms with Crippen molar-refractivity contribution in [3.8, 4) is 11.8 Å². The molecule has 2 aromatic rings. The van der Waals surface area contributed by atoms with Crippen LogP contribution in [0.3, 0.4) is 0 Å². The lowest BCUT2D eigenvalue weighted by Gasteiger charge is -2.07. The molecule has 3 nitrogen and oxygen atoms in total. The van der Waals surface area contributed by atoms with Crippen LogP contribution < -0.4 is 10.1 Å². The number of benzene rings is 2. The smallest absolute Gasteiger partial charge is 0.119 e. The maximum atomic E-state index is 8.82. The zero-order valence-electron chi connectivity index (χ0n) is 11.4. The molecule has 0 unspecified atom stereocenters. The first kappa shape index (κ1) is 14.1. The fraction of sp³-hybridized carbons (Fsp3) is 0.235. The molecule has 0 fully saturated rings. The Labute approximate surface area is 119 Å². The summed E-state index contributed by atoms with van der Waals surface area (Å²) in [6.45, 7) is 2.37. The molecular formula is C17H18N2O. The van der Waals surface area contributed by atoms with Gasteiger partial charge in [-0.3, -0.25) is 0 Å². The Morgan fingerprint density at radius 2 is 1.90 bits per heavy atom. The summed E-state index contributed by atoms with van der Waals surface area (Å²) in [4.78, 5) is 0. The summed E-state index contributed by atoms with van der Waals surface area (Å²) in [6, 6.07) is 19.6. The van der Waals surface area contributed by atoms with Crippen LogP contribution in [-0.2, 0) is 6.54 Å². The summed E-state index contributed by atoms with van der Waals surface area (Å²) in [7, 11) is 0. The van der Waals surface area contributed by atoms with Gasteiger partial charge in [0.25, 0.3) is 0 Å². The standard InChI is InChI=1S/C17H18N2O/c18-13-15-6-4-7-16(12-15)14-19-10-5-11-20-17-8-2-1-3-9-17/h1-4,6-9,12,19H,5,10-11,14H2. The van der Waals surface area contributed by atoms with E-state index < -0.39 is 0 Å². The third-order valence-electron chi connectivity index (χ3n) is 2.90. The molecule has 0 atom stereocenters. The average molecular weight is 266 g/mol. The molecule has 0 aromatic heterocycles. The highest BCUT2D eigenvalue weighted by Gasteiger charge is 1.96. The van der Waals surface area contributed by atoms with Crippen molar-refractivity contribution in [1.29, 1.82) is 5.26 Å². The van der Waals surface area contributed by atoms with Gasteiger partial charge >= 0.3 is 0 Å². The van der Waals surface area contributed by atoms with Crippen molar-refractivity contribution in [3.63, 3.8) is 0 Å². The number of nitrogens with one attached hydrogen (secondary N) is 1. The van der Waals surface area contributed by atoms with E-state index in [2.05, 4.69) is 11.4 Å². The van der Waals surface area contributed by atoms with E-state index in [4.69, 9.17) is 10.00 Å². The second kappa shape index (κ2) is 7.98. The van der Waals surface area contributed by atoms with E-state index >= 15 is 0 Å². The number of rotatable bonds is 7. The normalized spacial score (nSPS) is 9.95. The molecule has 0 saturated carbocycles. The molecule has 1 N–H and O–H groups in total. The Kier molecular flexibility index (Phi) is 5.63. The van der Waals surface area contributed by atoms with Crippen molar-refractivity contribution in [1.82, 2.24) is 5.32 Å². The number of hydrogen-bond donors (Lipinski definition) is 1. The van der Waals surface area contributed by atoms with Gasteiger partial charge in [-0.25, -0.2) is 0 Å². The molecule has 102 valence electrons. The van der Waals surface area contributed by atoms with E-state index in [-0.39, 0.29) is 0 Å². The van der Waals surface area contributed by atoms with E-state index in [0.717, 1.165) is 30.8 Å². The summed E-state index contributed by atoms with van der Waals surface area (Å²) in [5, 5.41) is 12.2. The van der Waals surface area contributed by atoms with Gasteiger partial charge in [-0.1, -0.05) is 30.3 Å². The second-order valence-corrected chi connectivity index (χ2v) is 4.50. The summed E-state index contributed by atoms with van der Waals surface area (Å²) in [5.41, 5.74) is 1.84. The van der Waals surface area contributed by atoms with E-state index in [1.165, 1.54) is 0 Å². The fourth-order valence-electron chi connectivity index (χ4n) is 1.89. The van der Waals surface area contributed by atoms with Crippen LogP contribution in [0.4, 0.5) is 0 Å². The van der Waals surface area contributed by atoms with Crippen molar-refractivity contribution in [2.75, 3.05) is 13.2 Å². The predicted molar refractivity (Wildman–Crippen MR) is 79.4 cm³/mol. The Bertz CT molecular complexity index is 561. The zero-order chi connectivity index (χ0) is 14.0. The number of nitriles is 1. The highest BCUT2D eigenvalue weighted by molar-refractivity contribution is 5.32. The van der Waals surface area contributed by atoms with E-state index in [9.17, 15) is 0 Å². The maximum absolute atomic E-state index is 8.82. The van der Waals surface area contributed by atoms with Crippen molar-refractivity contribution in [3.05, 3.63) is 65.7 Å². The molecule has 2 rings (SSSR count). The minimum atomic E-state index is 0.704. The van der Waals surface area contributed by atoms with Gasteiger partial charge in [0.2, 0.25) is 0 Å². The summed E-state index contributed by atoms with van der Waals surface area (Å²) in [5.74, 6) is 0.911. The third kappa shape index (κ3) is 4.75. The third-order valence-corrected chi connectivity index (χ3v) is 2.90. The van der Waals surface area contributed by atoms with Crippen molar-refractivity contribution in [2.45, 2.75) is 13.0 Å². The largest absolute Gasteiger partial charge is 0.494 e. The van der Waals surface area contributed by atoms with Crippen molar-refractivity contribution < 1.29 is 4.74 Å². The molecule has 0 radical (unpaired) electrons. The molecule has 2 aromatic carbocycles. The van der Waals surface area contributed by atoms with Crippen LogP contribution in [0.15, 0.2) is 54.6 Å². The van der Waals surface area contributed by atoms with Crippen LogP contribution in [0, 0.1) is 11.3 Å². The average Bonchev–Trinajstić information content (AvgIpc) is 2.52. The monoisotopic (exact) mass is 266 g/mol. The first-order valence-corrected chi connectivity index (χ1v) is 6.76. The van der Waals surface area contributed by atoms with Gasteiger partial charge in [0.05, 0.1) is 18.2 Å². The van der Waals surface area contributed by atoms with E-state index in [1.807, 2.05) is 54.6 Å². The van der Waals surface area contributed by atoms with Crippen LogP contribution in [0.25, 0.3) is 0 Å². The lowest BCUT2D eigenvalue weighted by molar-refractivity contribution is 0.308. The molecular weight excluding hydrogens is 248 g/mol. The molecule has 0 heterocycles.